The van der Waals surface area contributed by atoms with Crippen LogP contribution in [-0.4, -0.2) is 38.1 Å². The Kier molecular flexibility index (Phi) is 7.97. The molecule has 0 bridgehead atoms. The standard InChI is InChI=1S/C24H21Cl2F3N4O3/c25-15-9-8-13(11-16(15)26)19-23(36-12-14-5-3-4-10-30-14)33-21(24(27,28)29)20(32-19)22(35)31-17-6-1-2-7-18(17)34/h3-5,8-11,17-18,34H,1-2,6-7,12H2,(H,31,35)/t17-,18-/m1/s1. The van der Waals surface area contributed by atoms with E-state index in [9.17, 15) is 23.1 Å². The highest BCUT2D eigenvalue weighted by atomic mass is 35.5. The van der Waals surface area contributed by atoms with Gasteiger partial charge in [0.1, 0.15) is 12.3 Å². The highest BCUT2D eigenvalue weighted by Crippen LogP contribution is 2.37. The average molecular weight is 541 g/mol. The van der Waals surface area contributed by atoms with Gasteiger partial charge in [0.05, 0.1) is 27.9 Å². The summed E-state index contributed by atoms with van der Waals surface area (Å²) in [6.07, 6.45) is -1.98. The number of aliphatic hydroxyl groups excluding tert-OH is 1. The van der Waals surface area contributed by atoms with E-state index in [2.05, 4.69) is 20.3 Å². The largest absolute Gasteiger partial charge is 0.470 e. The normalized spacial score (nSPS) is 18.1. The highest BCUT2D eigenvalue weighted by molar-refractivity contribution is 6.42. The van der Waals surface area contributed by atoms with Crippen LogP contribution in [-0.2, 0) is 12.8 Å². The summed E-state index contributed by atoms with van der Waals surface area (Å²) in [5.41, 5.74) is -1.89. The lowest BCUT2D eigenvalue weighted by molar-refractivity contribution is -0.142. The molecule has 36 heavy (non-hydrogen) atoms. The molecule has 1 aliphatic carbocycles. The Labute approximate surface area is 214 Å². The number of carbonyl (C=O) groups excluding carboxylic acids is 1. The zero-order chi connectivity index (χ0) is 25.9. The number of pyridine rings is 1. The molecule has 1 saturated carbocycles. The van der Waals surface area contributed by atoms with Gasteiger partial charge in [-0.1, -0.05) is 48.2 Å². The predicted molar refractivity (Wildman–Crippen MR) is 127 cm³/mol. The maximum absolute atomic E-state index is 14.0. The number of alkyl halides is 3. The first kappa shape index (κ1) is 26.1. The Morgan fingerprint density at radius 3 is 2.56 bits per heavy atom. The Hall–Kier alpha value is -2.95. The van der Waals surface area contributed by atoms with E-state index in [1.54, 1.807) is 18.2 Å². The van der Waals surface area contributed by atoms with Gasteiger partial charge in [0, 0.05) is 11.8 Å². The van der Waals surface area contributed by atoms with Crippen LogP contribution in [0.1, 0.15) is 47.6 Å². The fourth-order valence-electron chi connectivity index (χ4n) is 3.85. The number of benzene rings is 1. The van der Waals surface area contributed by atoms with E-state index in [1.807, 2.05) is 0 Å². The fourth-order valence-corrected chi connectivity index (χ4v) is 4.15. The van der Waals surface area contributed by atoms with Gasteiger partial charge in [0.15, 0.2) is 11.4 Å². The van der Waals surface area contributed by atoms with E-state index >= 15 is 0 Å². The van der Waals surface area contributed by atoms with Gasteiger partial charge in [-0.2, -0.15) is 13.2 Å². The average Bonchev–Trinajstić information content (AvgIpc) is 2.85. The summed E-state index contributed by atoms with van der Waals surface area (Å²) in [6.45, 7) is -0.194. The quantitative estimate of drug-likeness (QED) is 0.429. The lowest BCUT2D eigenvalue weighted by atomic mass is 9.92. The number of ether oxygens (including phenoxy) is 1. The Bertz CT molecular complexity index is 1250. The molecule has 12 heteroatoms. The molecule has 1 fully saturated rings. The highest BCUT2D eigenvalue weighted by Gasteiger charge is 2.41. The molecule has 0 aliphatic heterocycles. The molecule has 190 valence electrons. The van der Waals surface area contributed by atoms with Crippen molar-refractivity contribution in [3.8, 4) is 17.1 Å². The molecule has 2 heterocycles. The van der Waals surface area contributed by atoms with Crippen molar-refractivity contribution in [1.82, 2.24) is 20.3 Å². The van der Waals surface area contributed by atoms with Crippen molar-refractivity contribution >= 4 is 29.1 Å². The van der Waals surface area contributed by atoms with Crippen molar-refractivity contribution in [1.29, 1.82) is 0 Å². The van der Waals surface area contributed by atoms with Crippen molar-refractivity contribution in [3.05, 3.63) is 69.7 Å². The number of nitrogens with one attached hydrogen (secondary N) is 1. The number of amides is 1. The third-order valence-electron chi connectivity index (χ3n) is 5.67. The van der Waals surface area contributed by atoms with Gasteiger partial charge < -0.3 is 15.2 Å². The number of rotatable bonds is 6. The van der Waals surface area contributed by atoms with Crippen LogP contribution in [0.3, 0.4) is 0 Å². The second kappa shape index (κ2) is 11.0. The third-order valence-corrected chi connectivity index (χ3v) is 6.41. The van der Waals surface area contributed by atoms with E-state index in [-0.39, 0.29) is 27.9 Å². The zero-order valence-corrected chi connectivity index (χ0v) is 20.2. The van der Waals surface area contributed by atoms with E-state index < -0.39 is 41.5 Å². The first-order chi connectivity index (χ1) is 17.1. The van der Waals surface area contributed by atoms with Crippen LogP contribution in [0.25, 0.3) is 11.3 Å². The molecule has 3 aromatic rings. The molecule has 1 aliphatic rings. The third kappa shape index (κ3) is 6.05. The molecule has 0 spiro atoms. The second-order valence-electron chi connectivity index (χ2n) is 8.24. The van der Waals surface area contributed by atoms with Crippen LogP contribution in [0.5, 0.6) is 5.88 Å². The first-order valence-electron chi connectivity index (χ1n) is 11.1. The predicted octanol–water partition coefficient (Wildman–Crippen LogP) is 5.48. The first-order valence-corrected chi connectivity index (χ1v) is 11.9. The Morgan fingerprint density at radius 1 is 1.11 bits per heavy atom. The monoisotopic (exact) mass is 540 g/mol. The minimum absolute atomic E-state index is 0.128. The van der Waals surface area contributed by atoms with Gasteiger partial charge in [-0.3, -0.25) is 9.78 Å². The Morgan fingerprint density at radius 2 is 1.89 bits per heavy atom. The maximum atomic E-state index is 14.0. The summed E-state index contributed by atoms with van der Waals surface area (Å²) < 4.78 is 47.7. The van der Waals surface area contributed by atoms with Crippen LogP contribution in [0.4, 0.5) is 13.2 Å². The molecule has 1 amide bonds. The molecule has 1 aromatic carbocycles. The van der Waals surface area contributed by atoms with E-state index in [1.165, 1.54) is 24.4 Å². The van der Waals surface area contributed by atoms with E-state index in [4.69, 9.17) is 27.9 Å². The van der Waals surface area contributed by atoms with Crippen LogP contribution < -0.4 is 10.1 Å². The summed E-state index contributed by atoms with van der Waals surface area (Å²) in [5, 5.41) is 13.0. The molecule has 7 nitrogen and oxygen atoms in total. The summed E-state index contributed by atoms with van der Waals surface area (Å²) >= 11 is 12.1. The van der Waals surface area contributed by atoms with Crippen LogP contribution in [0.2, 0.25) is 10.0 Å². The van der Waals surface area contributed by atoms with Gasteiger partial charge in [-0.05, 0) is 37.1 Å². The lowest BCUT2D eigenvalue weighted by Gasteiger charge is -2.28. The molecule has 2 N–H and O–H groups in total. The molecule has 2 atom stereocenters. The molecule has 0 unspecified atom stereocenters. The molecule has 4 rings (SSSR count). The SMILES string of the molecule is O=C(N[C@@H]1CCCC[C@H]1O)c1nc(-c2ccc(Cl)c(Cl)c2)c(OCc2ccccn2)nc1C(F)(F)F. The minimum atomic E-state index is -5.01. The topological polar surface area (TPSA) is 97.2 Å². The van der Waals surface area contributed by atoms with Crippen molar-refractivity contribution in [3.63, 3.8) is 0 Å². The van der Waals surface area contributed by atoms with Crippen LogP contribution >= 0.6 is 23.2 Å². The van der Waals surface area contributed by atoms with Crippen LogP contribution in [0.15, 0.2) is 42.6 Å². The molecular formula is C24H21Cl2F3N4O3. The van der Waals surface area contributed by atoms with Gasteiger partial charge >= 0.3 is 6.18 Å². The van der Waals surface area contributed by atoms with E-state index in [0.29, 0.717) is 18.5 Å². The number of aromatic nitrogens is 3. The summed E-state index contributed by atoms with van der Waals surface area (Å²) in [5.74, 6) is -1.56. The van der Waals surface area contributed by atoms with Gasteiger partial charge in [-0.25, -0.2) is 9.97 Å². The van der Waals surface area contributed by atoms with E-state index in [0.717, 1.165) is 12.8 Å². The number of hydrogen-bond acceptors (Lipinski definition) is 6. The van der Waals surface area contributed by atoms with Crippen LogP contribution in [0, 0.1) is 0 Å². The van der Waals surface area contributed by atoms with Crippen molar-refractivity contribution < 1.29 is 27.8 Å². The number of aliphatic hydroxyl groups is 1. The second-order valence-corrected chi connectivity index (χ2v) is 9.06. The van der Waals surface area contributed by atoms with Crippen molar-refractivity contribution in [2.24, 2.45) is 0 Å². The van der Waals surface area contributed by atoms with Gasteiger partial charge in [0.25, 0.3) is 5.91 Å². The Balaban J connectivity index is 1.79. The summed E-state index contributed by atoms with van der Waals surface area (Å²) in [4.78, 5) is 24.8. The molecular weight excluding hydrogens is 520 g/mol. The lowest BCUT2D eigenvalue weighted by Crippen LogP contribution is -2.45. The van der Waals surface area contributed by atoms with Crippen molar-refractivity contribution in [2.75, 3.05) is 0 Å². The number of hydrogen-bond donors (Lipinski definition) is 2. The molecule has 2 aromatic heterocycles. The maximum Gasteiger partial charge on any atom is 0.435 e. The summed E-state index contributed by atoms with van der Waals surface area (Å²) in [6, 6.07) is 8.64. The van der Waals surface area contributed by atoms with Gasteiger partial charge in [-0.15, -0.1) is 0 Å². The van der Waals surface area contributed by atoms with Gasteiger partial charge in [0.2, 0.25) is 5.88 Å². The fraction of sp³-hybridized carbons (Fsp3) is 0.333. The number of nitrogens with zero attached hydrogens (tertiary/aromatic N) is 3. The smallest absolute Gasteiger partial charge is 0.435 e. The van der Waals surface area contributed by atoms with Crippen molar-refractivity contribution in [2.45, 2.75) is 50.6 Å². The minimum Gasteiger partial charge on any atom is -0.470 e. The molecule has 0 saturated heterocycles. The molecule has 0 radical (unpaired) electrons. The number of halogens is 5. The zero-order valence-electron chi connectivity index (χ0n) is 18.7. The summed E-state index contributed by atoms with van der Waals surface area (Å²) in [7, 11) is 0. The number of carbonyl (C=O) groups is 1.